The van der Waals surface area contributed by atoms with Crippen LogP contribution in [0, 0.1) is 12.8 Å². The summed E-state index contributed by atoms with van der Waals surface area (Å²) in [5, 5.41) is 0. The number of nitrogens with zero attached hydrogens (tertiary/aromatic N) is 3. The lowest BCUT2D eigenvalue weighted by molar-refractivity contribution is -0.135. The van der Waals surface area contributed by atoms with Gasteiger partial charge in [0.1, 0.15) is 5.82 Å². The zero-order valence-electron chi connectivity index (χ0n) is 15.1. The minimum Gasteiger partial charge on any atom is -0.353 e. The molecule has 2 N–H and O–H groups in total. The summed E-state index contributed by atoms with van der Waals surface area (Å²) in [6, 6.07) is 14.4. The van der Waals surface area contributed by atoms with E-state index in [1.807, 2.05) is 29.3 Å². The molecule has 1 aromatic carbocycles. The molecule has 1 amide bonds. The molecule has 0 saturated carbocycles. The highest BCUT2D eigenvalue weighted by Crippen LogP contribution is 2.27. The molecule has 0 radical (unpaired) electrons. The summed E-state index contributed by atoms with van der Waals surface area (Å²) in [4.78, 5) is 21.8. The van der Waals surface area contributed by atoms with Gasteiger partial charge >= 0.3 is 0 Å². The topological polar surface area (TPSA) is 60.5 Å². The second-order valence-electron chi connectivity index (χ2n) is 7.02. The molecule has 2 atom stereocenters. The van der Waals surface area contributed by atoms with Crippen LogP contribution in [0.1, 0.15) is 17.2 Å². The van der Waals surface area contributed by atoms with Crippen molar-refractivity contribution in [3.8, 4) is 0 Å². The van der Waals surface area contributed by atoms with E-state index in [-0.39, 0.29) is 17.9 Å². The zero-order valence-corrected chi connectivity index (χ0v) is 15.1. The first-order valence-corrected chi connectivity index (χ1v) is 9.22. The van der Waals surface area contributed by atoms with Crippen LogP contribution >= 0.6 is 0 Å². The third-order valence-electron chi connectivity index (χ3n) is 5.30. The number of nitrogens with one attached hydrogen (secondary N) is 2. The van der Waals surface area contributed by atoms with E-state index in [0.29, 0.717) is 6.54 Å². The highest BCUT2D eigenvalue weighted by molar-refractivity contribution is 5.80. The van der Waals surface area contributed by atoms with Gasteiger partial charge in [0.15, 0.2) is 0 Å². The average molecular weight is 351 g/mol. The Kier molecular flexibility index (Phi) is 4.86. The van der Waals surface area contributed by atoms with Crippen molar-refractivity contribution in [2.45, 2.75) is 13.0 Å². The van der Waals surface area contributed by atoms with Gasteiger partial charge in [0.25, 0.3) is 0 Å². The minimum atomic E-state index is -0.0703. The molecule has 0 bridgehead atoms. The number of rotatable bonds is 3. The maximum Gasteiger partial charge on any atom is 0.229 e. The number of carbonyl (C=O) groups excluding carboxylic acids is 1. The van der Waals surface area contributed by atoms with Crippen molar-refractivity contribution in [2.24, 2.45) is 5.92 Å². The molecule has 4 rings (SSSR count). The van der Waals surface area contributed by atoms with E-state index in [1.165, 1.54) is 5.56 Å². The summed E-state index contributed by atoms with van der Waals surface area (Å²) in [5.41, 5.74) is 8.84. The third-order valence-corrected chi connectivity index (χ3v) is 5.30. The number of piperazine rings is 1. The first-order chi connectivity index (χ1) is 12.7. The summed E-state index contributed by atoms with van der Waals surface area (Å²) in [6.07, 6.45) is 1.81. The van der Waals surface area contributed by atoms with E-state index in [0.717, 1.165) is 37.6 Å². The first-order valence-electron chi connectivity index (χ1n) is 9.22. The first kappa shape index (κ1) is 17.0. The average Bonchev–Trinajstić information content (AvgIpc) is 3.19. The number of hydrogen-bond donors (Lipinski definition) is 2. The molecule has 3 heterocycles. The molecule has 2 saturated heterocycles. The van der Waals surface area contributed by atoms with E-state index in [1.54, 1.807) is 0 Å². The van der Waals surface area contributed by atoms with Gasteiger partial charge in [-0.1, -0.05) is 35.9 Å². The lowest BCUT2D eigenvalue weighted by Gasteiger charge is -2.37. The minimum absolute atomic E-state index is 0.0249. The zero-order chi connectivity index (χ0) is 17.9. The number of amides is 1. The van der Waals surface area contributed by atoms with Crippen molar-refractivity contribution in [3.63, 3.8) is 0 Å². The number of anilines is 1. The van der Waals surface area contributed by atoms with Gasteiger partial charge in [-0.25, -0.2) is 10.4 Å². The van der Waals surface area contributed by atoms with Crippen LogP contribution in [0.5, 0.6) is 0 Å². The Bertz CT molecular complexity index is 741. The maximum atomic E-state index is 13.1. The van der Waals surface area contributed by atoms with Gasteiger partial charge < -0.3 is 9.80 Å². The number of pyridine rings is 1. The van der Waals surface area contributed by atoms with E-state index < -0.39 is 0 Å². The Morgan fingerprint density at radius 1 is 1.08 bits per heavy atom. The molecule has 2 fully saturated rings. The number of benzene rings is 1. The maximum absolute atomic E-state index is 13.1. The summed E-state index contributed by atoms with van der Waals surface area (Å²) in [5.74, 6) is 1.15. The standard InChI is InChI=1S/C20H25N5O/c1-15-5-7-16(8-6-15)19-17(14-22-23-19)20(26)25-12-10-24(11-13-25)18-4-2-3-9-21-18/h2-9,17,19,22-23H,10-14H2,1H3. The van der Waals surface area contributed by atoms with Crippen LogP contribution in [0.2, 0.25) is 0 Å². The fourth-order valence-corrected chi connectivity index (χ4v) is 3.75. The van der Waals surface area contributed by atoms with Crippen molar-refractivity contribution in [1.29, 1.82) is 0 Å². The lowest BCUT2D eigenvalue weighted by Crippen LogP contribution is -2.51. The van der Waals surface area contributed by atoms with Crippen molar-refractivity contribution in [2.75, 3.05) is 37.6 Å². The highest BCUT2D eigenvalue weighted by Gasteiger charge is 2.37. The van der Waals surface area contributed by atoms with E-state index in [4.69, 9.17) is 0 Å². The molecule has 1 aromatic heterocycles. The second-order valence-corrected chi connectivity index (χ2v) is 7.02. The molecular weight excluding hydrogens is 326 g/mol. The molecule has 2 aliphatic heterocycles. The van der Waals surface area contributed by atoms with Gasteiger partial charge in [-0.05, 0) is 24.6 Å². The third kappa shape index (κ3) is 3.43. The van der Waals surface area contributed by atoms with Crippen molar-refractivity contribution in [1.82, 2.24) is 20.7 Å². The summed E-state index contributed by atoms with van der Waals surface area (Å²) in [6.45, 7) is 5.88. The number of aromatic nitrogens is 1. The number of hydrazine groups is 1. The molecule has 136 valence electrons. The molecular formula is C20H25N5O. The largest absolute Gasteiger partial charge is 0.353 e. The SMILES string of the molecule is Cc1ccc(C2NNCC2C(=O)N2CCN(c3ccccn3)CC2)cc1. The molecule has 0 spiro atoms. The molecule has 2 aliphatic rings. The summed E-state index contributed by atoms with van der Waals surface area (Å²) >= 11 is 0. The summed E-state index contributed by atoms with van der Waals surface area (Å²) < 4.78 is 0. The quantitative estimate of drug-likeness (QED) is 0.878. The molecule has 26 heavy (non-hydrogen) atoms. The molecule has 2 unspecified atom stereocenters. The van der Waals surface area contributed by atoms with Gasteiger partial charge in [0.05, 0.1) is 12.0 Å². The van der Waals surface area contributed by atoms with Crippen LogP contribution in [0.3, 0.4) is 0 Å². The summed E-state index contributed by atoms with van der Waals surface area (Å²) in [7, 11) is 0. The molecule has 6 nitrogen and oxygen atoms in total. The van der Waals surface area contributed by atoms with Gasteiger partial charge in [-0.2, -0.15) is 0 Å². The monoisotopic (exact) mass is 351 g/mol. The fourth-order valence-electron chi connectivity index (χ4n) is 3.75. The number of aryl methyl sites for hydroxylation is 1. The van der Waals surface area contributed by atoms with Crippen molar-refractivity contribution >= 4 is 11.7 Å². The van der Waals surface area contributed by atoms with Gasteiger partial charge in [0, 0.05) is 38.9 Å². The van der Waals surface area contributed by atoms with Crippen LogP contribution in [-0.2, 0) is 4.79 Å². The Balaban J connectivity index is 1.40. The lowest BCUT2D eigenvalue weighted by atomic mass is 9.93. The van der Waals surface area contributed by atoms with Gasteiger partial charge in [0.2, 0.25) is 5.91 Å². The Morgan fingerprint density at radius 3 is 2.54 bits per heavy atom. The number of carbonyl (C=O) groups is 1. The van der Waals surface area contributed by atoms with Crippen LogP contribution in [-0.4, -0.2) is 48.5 Å². The number of hydrogen-bond acceptors (Lipinski definition) is 5. The predicted molar refractivity (Wildman–Crippen MR) is 102 cm³/mol. The molecule has 2 aromatic rings. The van der Waals surface area contributed by atoms with E-state index in [2.05, 4.69) is 51.9 Å². The van der Waals surface area contributed by atoms with Crippen LogP contribution < -0.4 is 15.8 Å². The van der Waals surface area contributed by atoms with Crippen molar-refractivity contribution < 1.29 is 4.79 Å². The van der Waals surface area contributed by atoms with Crippen LogP contribution in [0.15, 0.2) is 48.7 Å². The predicted octanol–water partition coefficient (Wildman–Crippen LogP) is 1.50. The van der Waals surface area contributed by atoms with Gasteiger partial charge in [-0.15, -0.1) is 0 Å². The molecule has 6 heteroatoms. The Labute approximate surface area is 154 Å². The van der Waals surface area contributed by atoms with E-state index >= 15 is 0 Å². The molecule has 0 aliphatic carbocycles. The normalized spacial score (nSPS) is 23.3. The van der Waals surface area contributed by atoms with Crippen molar-refractivity contribution in [3.05, 3.63) is 59.8 Å². The Hall–Kier alpha value is -2.44. The van der Waals surface area contributed by atoms with Crippen LogP contribution in [0.25, 0.3) is 0 Å². The second kappa shape index (κ2) is 7.43. The Morgan fingerprint density at radius 2 is 1.85 bits per heavy atom. The smallest absolute Gasteiger partial charge is 0.229 e. The highest BCUT2D eigenvalue weighted by atomic mass is 16.2. The van der Waals surface area contributed by atoms with Crippen LogP contribution in [0.4, 0.5) is 5.82 Å². The van der Waals surface area contributed by atoms with E-state index in [9.17, 15) is 4.79 Å². The van der Waals surface area contributed by atoms with Gasteiger partial charge in [-0.3, -0.25) is 10.2 Å². The fraction of sp³-hybridized carbons (Fsp3) is 0.400.